The average Bonchev–Trinajstić information content (AvgIpc) is 3.33. The maximum absolute atomic E-state index is 13.4. The maximum Gasteiger partial charge on any atom is 0.256 e. The van der Waals surface area contributed by atoms with Gasteiger partial charge in [-0.2, -0.15) is 0 Å². The molecule has 4 heterocycles. The zero-order valence-corrected chi connectivity index (χ0v) is 16.4. The topological polar surface area (TPSA) is 92.9 Å². The quantitative estimate of drug-likeness (QED) is 0.670. The second-order valence-corrected chi connectivity index (χ2v) is 7.70. The second-order valence-electron chi connectivity index (χ2n) is 7.70. The first-order chi connectivity index (χ1) is 14.1. The summed E-state index contributed by atoms with van der Waals surface area (Å²) in [6.45, 7) is 5.31. The highest BCUT2D eigenvalue weighted by Crippen LogP contribution is 2.34. The predicted octanol–water partition coefficient (Wildman–Crippen LogP) is 1.56. The molecule has 2 atom stereocenters. The Morgan fingerprint density at radius 1 is 1.03 bits per heavy atom. The summed E-state index contributed by atoms with van der Waals surface area (Å²) in [5.74, 6) is 0.783. The smallest absolute Gasteiger partial charge is 0.256 e. The molecule has 9 nitrogen and oxygen atoms in total. The molecule has 5 rings (SSSR count). The lowest BCUT2D eigenvalue weighted by Crippen LogP contribution is -2.56. The molecule has 2 fully saturated rings. The van der Waals surface area contributed by atoms with E-state index in [9.17, 15) is 4.79 Å². The molecule has 2 aliphatic rings. The van der Waals surface area contributed by atoms with E-state index in [1.54, 1.807) is 0 Å². The Hall–Kier alpha value is -3.36. The first kappa shape index (κ1) is 17.7. The molecular formula is C20H22N8O. The summed E-state index contributed by atoms with van der Waals surface area (Å²) in [4.78, 5) is 28.3. The molecular weight excluding hydrogens is 368 g/mol. The van der Waals surface area contributed by atoms with Gasteiger partial charge < -0.3 is 9.80 Å². The van der Waals surface area contributed by atoms with Gasteiger partial charge in [-0.25, -0.2) is 9.97 Å². The number of aromatic nitrogens is 6. The number of para-hydroxylation sites is 1. The third kappa shape index (κ3) is 3.12. The van der Waals surface area contributed by atoms with Gasteiger partial charge >= 0.3 is 0 Å². The zero-order chi connectivity index (χ0) is 20.0. The summed E-state index contributed by atoms with van der Waals surface area (Å²) in [5.41, 5.74) is 3.17. The van der Waals surface area contributed by atoms with E-state index >= 15 is 0 Å². The number of hydrogen-bond acceptors (Lipinski definition) is 7. The number of benzene rings is 1. The lowest BCUT2D eigenvalue weighted by atomic mass is 10.1. The van der Waals surface area contributed by atoms with Crippen LogP contribution in [-0.2, 0) is 0 Å². The molecule has 2 saturated heterocycles. The summed E-state index contributed by atoms with van der Waals surface area (Å²) in [6, 6.07) is 9.84. The second kappa shape index (κ2) is 6.91. The van der Waals surface area contributed by atoms with Crippen molar-refractivity contribution in [2.45, 2.75) is 38.8 Å². The van der Waals surface area contributed by atoms with Gasteiger partial charge in [0.25, 0.3) is 5.91 Å². The summed E-state index contributed by atoms with van der Waals surface area (Å²) in [7, 11) is 0. The first-order valence-corrected chi connectivity index (χ1v) is 9.82. The van der Waals surface area contributed by atoms with Crippen LogP contribution < -0.4 is 4.90 Å². The molecule has 0 saturated carbocycles. The number of hydrogen-bond donors (Lipinski definition) is 0. The van der Waals surface area contributed by atoms with Crippen LogP contribution in [0.3, 0.4) is 0 Å². The van der Waals surface area contributed by atoms with Crippen LogP contribution in [0.25, 0.3) is 5.69 Å². The Balaban J connectivity index is 1.41. The SMILES string of the molecule is Cc1cc(C)nc(N2C3CCC2CN(C(=O)c2ccccc2-n2ncnn2)C3)n1. The maximum atomic E-state index is 13.4. The van der Waals surface area contributed by atoms with Gasteiger partial charge in [0, 0.05) is 36.6 Å². The number of carbonyl (C=O) groups excluding carboxylic acids is 1. The van der Waals surface area contributed by atoms with Gasteiger partial charge in [0.1, 0.15) is 5.69 Å². The zero-order valence-electron chi connectivity index (χ0n) is 16.4. The fourth-order valence-corrected chi connectivity index (χ4v) is 4.49. The number of fused-ring (bicyclic) bond motifs is 2. The monoisotopic (exact) mass is 390 g/mol. The Labute approximate surface area is 168 Å². The Kier molecular flexibility index (Phi) is 4.22. The van der Waals surface area contributed by atoms with Crippen molar-refractivity contribution in [1.82, 2.24) is 35.1 Å². The Morgan fingerprint density at radius 2 is 1.72 bits per heavy atom. The van der Waals surface area contributed by atoms with Crippen molar-refractivity contribution in [2.24, 2.45) is 0 Å². The normalized spacial score (nSPS) is 20.9. The van der Waals surface area contributed by atoms with Crippen LogP contribution in [0.4, 0.5) is 5.95 Å². The minimum absolute atomic E-state index is 0.00390. The lowest BCUT2D eigenvalue weighted by Gasteiger charge is -2.41. The molecule has 2 bridgehead atoms. The summed E-state index contributed by atoms with van der Waals surface area (Å²) in [5, 5.41) is 11.8. The molecule has 29 heavy (non-hydrogen) atoms. The minimum Gasteiger partial charge on any atom is -0.334 e. The molecule has 2 aliphatic heterocycles. The molecule has 0 spiro atoms. The molecule has 1 aromatic carbocycles. The molecule has 2 aromatic heterocycles. The number of carbonyl (C=O) groups is 1. The lowest BCUT2D eigenvalue weighted by molar-refractivity contribution is 0.0716. The van der Waals surface area contributed by atoms with Crippen LogP contribution in [0.15, 0.2) is 36.7 Å². The van der Waals surface area contributed by atoms with Gasteiger partial charge in [0.2, 0.25) is 5.95 Å². The number of rotatable bonds is 3. The van der Waals surface area contributed by atoms with Crippen LogP contribution in [0.5, 0.6) is 0 Å². The van der Waals surface area contributed by atoms with E-state index in [0.717, 1.165) is 30.2 Å². The molecule has 0 aliphatic carbocycles. The average molecular weight is 390 g/mol. The van der Waals surface area contributed by atoms with Gasteiger partial charge in [-0.15, -0.1) is 15.0 Å². The van der Waals surface area contributed by atoms with Crippen molar-refractivity contribution in [3.8, 4) is 5.69 Å². The van der Waals surface area contributed by atoms with Crippen LogP contribution >= 0.6 is 0 Å². The highest BCUT2D eigenvalue weighted by atomic mass is 16.2. The van der Waals surface area contributed by atoms with E-state index in [2.05, 4.69) is 30.3 Å². The number of tetrazole rings is 1. The van der Waals surface area contributed by atoms with Crippen molar-refractivity contribution in [3.05, 3.63) is 53.6 Å². The standard InChI is InChI=1S/C20H22N8O/c1-13-9-14(2)24-20(23-13)27-15-7-8-16(27)11-26(10-15)19(29)17-5-3-4-6-18(17)28-22-12-21-25-28/h3-6,9,12,15-16H,7-8,10-11H2,1-2H3. The Morgan fingerprint density at radius 3 is 2.38 bits per heavy atom. The molecule has 1 amide bonds. The highest BCUT2D eigenvalue weighted by molar-refractivity contribution is 5.98. The van der Waals surface area contributed by atoms with Crippen LogP contribution in [0.2, 0.25) is 0 Å². The van der Waals surface area contributed by atoms with E-state index < -0.39 is 0 Å². The largest absolute Gasteiger partial charge is 0.334 e. The van der Waals surface area contributed by atoms with Crippen molar-refractivity contribution in [1.29, 1.82) is 0 Å². The van der Waals surface area contributed by atoms with Crippen molar-refractivity contribution in [2.75, 3.05) is 18.0 Å². The molecule has 0 radical (unpaired) electrons. The third-order valence-corrected chi connectivity index (χ3v) is 5.67. The van der Waals surface area contributed by atoms with Gasteiger partial charge in [0.15, 0.2) is 6.33 Å². The van der Waals surface area contributed by atoms with Gasteiger partial charge in [0.05, 0.1) is 5.56 Å². The fourth-order valence-electron chi connectivity index (χ4n) is 4.49. The summed E-state index contributed by atoms with van der Waals surface area (Å²) < 4.78 is 0. The molecule has 0 N–H and O–H groups in total. The van der Waals surface area contributed by atoms with E-state index in [-0.39, 0.29) is 18.0 Å². The molecule has 2 unspecified atom stereocenters. The Bertz CT molecular complexity index is 1020. The van der Waals surface area contributed by atoms with Gasteiger partial charge in [-0.3, -0.25) is 4.79 Å². The number of aryl methyl sites for hydroxylation is 2. The minimum atomic E-state index is -0.00390. The molecule has 148 valence electrons. The molecule has 3 aromatic rings. The van der Waals surface area contributed by atoms with Crippen LogP contribution in [0.1, 0.15) is 34.6 Å². The fraction of sp³-hybridized carbons (Fsp3) is 0.400. The van der Waals surface area contributed by atoms with Crippen molar-refractivity contribution >= 4 is 11.9 Å². The predicted molar refractivity (Wildman–Crippen MR) is 106 cm³/mol. The van der Waals surface area contributed by atoms with Crippen molar-refractivity contribution < 1.29 is 4.79 Å². The van der Waals surface area contributed by atoms with Gasteiger partial charge in [-0.05, 0) is 50.1 Å². The third-order valence-electron chi connectivity index (χ3n) is 5.67. The summed E-state index contributed by atoms with van der Waals surface area (Å²) in [6.07, 6.45) is 3.44. The van der Waals surface area contributed by atoms with Crippen LogP contribution in [-0.4, -0.2) is 66.2 Å². The van der Waals surface area contributed by atoms with E-state index in [1.807, 2.05) is 49.1 Å². The number of piperazine rings is 1. The number of amides is 1. The van der Waals surface area contributed by atoms with Crippen LogP contribution in [0, 0.1) is 13.8 Å². The van der Waals surface area contributed by atoms with Gasteiger partial charge in [-0.1, -0.05) is 12.1 Å². The summed E-state index contributed by atoms with van der Waals surface area (Å²) >= 11 is 0. The number of nitrogens with zero attached hydrogens (tertiary/aromatic N) is 8. The van der Waals surface area contributed by atoms with E-state index in [1.165, 1.54) is 11.1 Å². The number of likely N-dealkylation sites (tertiary alicyclic amines) is 1. The van der Waals surface area contributed by atoms with E-state index in [4.69, 9.17) is 0 Å². The van der Waals surface area contributed by atoms with Crippen molar-refractivity contribution in [3.63, 3.8) is 0 Å². The first-order valence-electron chi connectivity index (χ1n) is 9.82. The van der Waals surface area contributed by atoms with E-state index in [0.29, 0.717) is 24.3 Å². The highest BCUT2D eigenvalue weighted by Gasteiger charge is 2.43. The number of anilines is 1. The molecule has 9 heteroatoms.